The Morgan fingerprint density at radius 2 is 1.96 bits per heavy atom. The quantitative estimate of drug-likeness (QED) is 0.618. The van der Waals surface area contributed by atoms with E-state index in [4.69, 9.17) is 0 Å². The van der Waals surface area contributed by atoms with Crippen molar-refractivity contribution in [2.24, 2.45) is 0 Å². The highest BCUT2D eigenvalue weighted by Crippen LogP contribution is 2.24. The van der Waals surface area contributed by atoms with Gasteiger partial charge in [0.1, 0.15) is 11.1 Å². The molecule has 5 nitrogen and oxygen atoms in total. The smallest absolute Gasteiger partial charge is 0.237 e. The van der Waals surface area contributed by atoms with E-state index >= 15 is 0 Å². The second-order valence-electron chi connectivity index (χ2n) is 5.22. The molecule has 0 fully saturated rings. The predicted octanol–water partition coefficient (Wildman–Crippen LogP) is 3.22. The van der Waals surface area contributed by atoms with E-state index in [0.717, 1.165) is 5.69 Å². The molecule has 2 aromatic rings. The molecule has 0 radical (unpaired) electrons. The van der Waals surface area contributed by atoms with Crippen LogP contribution in [0, 0.1) is 18.3 Å². The molecule has 1 amide bonds. The molecule has 1 aromatic carbocycles. The van der Waals surface area contributed by atoms with Crippen LogP contribution in [-0.2, 0) is 4.79 Å². The van der Waals surface area contributed by atoms with E-state index in [0.29, 0.717) is 21.8 Å². The summed E-state index contributed by atoms with van der Waals surface area (Å²) in [5.41, 5.74) is 2.11. The third-order valence-corrected chi connectivity index (χ3v) is 4.50. The summed E-state index contributed by atoms with van der Waals surface area (Å²) in [6, 6.07) is 12.9. The normalized spacial score (nSPS) is 10.1. The maximum absolute atomic E-state index is 12.3. The van der Waals surface area contributed by atoms with Gasteiger partial charge in [0.05, 0.1) is 11.3 Å². The summed E-state index contributed by atoms with van der Waals surface area (Å²) in [6.07, 6.45) is 0. The molecule has 1 heterocycles. The fourth-order valence-electron chi connectivity index (χ4n) is 2.15. The zero-order valence-electron chi connectivity index (χ0n) is 13.7. The Morgan fingerprint density at radius 3 is 2.54 bits per heavy atom. The second kappa shape index (κ2) is 7.75. The molecule has 0 atom stereocenters. The van der Waals surface area contributed by atoms with Gasteiger partial charge in [-0.2, -0.15) is 5.26 Å². The number of nitriles is 1. The Kier molecular flexibility index (Phi) is 5.72. The SMILES string of the molecule is CC(=O)c1cc(C#N)c(SCC(=O)N(C)c2ccccc2)nc1C. The highest BCUT2D eigenvalue weighted by Gasteiger charge is 2.16. The van der Waals surface area contributed by atoms with E-state index in [-0.39, 0.29) is 17.4 Å². The molecule has 122 valence electrons. The number of para-hydroxylation sites is 1. The highest BCUT2D eigenvalue weighted by atomic mass is 32.2. The fourth-order valence-corrected chi connectivity index (χ4v) is 3.07. The molecule has 6 heteroatoms. The van der Waals surface area contributed by atoms with Crippen molar-refractivity contribution in [3.05, 3.63) is 53.2 Å². The van der Waals surface area contributed by atoms with E-state index < -0.39 is 0 Å². The number of benzene rings is 1. The minimum absolute atomic E-state index is 0.0924. The summed E-state index contributed by atoms with van der Waals surface area (Å²) in [5.74, 6) is -0.0653. The van der Waals surface area contributed by atoms with Crippen molar-refractivity contribution in [3.63, 3.8) is 0 Å². The number of Topliss-reactive ketones (excluding diaryl/α,β-unsaturated/α-hetero) is 1. The fraction of sp³-hybridized carbons (Fsp3) is 0.222. The van der Waals surface area contributed by atoms with Gasteiger partial charge in [0.25, 0.3) is 0 Å². The third kappa shape index (κ3) is 4.00. The number of hydrogen-bond acceptors (Lipinski definition) is 5. The Morgan fingerprint density at radius 1 is 1.29 bits per heavy atom. The molecule has 0 aliphatic rings. The number of thioether (sulfide) groups is 1. The molecule has 2 rings (SSSR count). The number of amides is 1. The van der Waals surface area contributed by atoms with Crippen molar-refractivity contribution in [3.8, 4) is 6.07 Å². The summed E-state index contributed by atoms with van der Waals surface area (Å²) in [4.78, 5) is 29.7. The zero-order chi connectivity index (χ0) is 17.7. The van der Waals surface area contributed by atoms with Crippen LogP contribution in [-0.4, -0.2) is 29.5 Å². The van der Waals surface area contributed by atoms with Gasteiger partial charge < -0.3 is 4.90 Å². The lowest BCUT2D eigenvalue weighted by Crippen LogP contribution is -2.27. The average molecular weight is 339 g/mol. The highest BCUT2D eigenvalue weighted by molar-refractivity contribution is 8.00. The van der Waals surface area contributed by atoms with E-state index in [1.54, 1.807) is 24.9 Å². The first-order valence-electron chi connectivity index (χ1n) is 7.31. The number of pyridine rings is 1. The number of aromatic nitrogens is 1. The van der Waals surface area contributed by atoms with Crippen molar-refractivity contribution in [2.45, 2.75) is 18.9 Å². The first-order valence-corrected chi connectivity index (χ1v) is 8.29. The number of anilines is 1. The van der Waals surface area contributed by atoms with Gasteiger partial charge in [0.2, 0.25) is 5.91 Å². The molecule has 0 aliphatic heterocycles. The summed E-state index contributed by atoms with van der Waals surface area (Å²) < 4.78 is 0. The summed E-state index contributed by atoms with van der Waals surface area (Å²) >= 11 is 1.20. The van der Waals surface area contributed by atoms with Gasteiger partial charge in [-0.25, -0.2) is 4.98 Å². The van der Waals surface area contributed by atoms with Crippen LogP contribution in [0.2, 0.25) is 0 Å². The molecule has 1 aromatic heterocycles. The first-order chi connectivity index (χ1) is 11.4. The van der Waals surface area contributed by atoms with Crippen LogP contribution in [0.25, 0.3) is 0 Å². The lowest BCUT2D eigenvalue weighted by atomic mass is 10.1. The van der Waals surface area contributed by atoms with Gasteiger partial charge in [-0.05, 0) is 32.0 Å². The topological polar surface area (TPSA) is 74.1 Å². The average Bonchev–Trinajstić information content (AvgIpc) is 2.59. The molecule has 0 bridgehead atoms. The van der Waals surface area contributed by atoms with Crippen LogP contribution in [0.3, 0.4) is 0 Å². The van der Waals surface area contributed by atoms with Crippen molar-refractivity contribution >= 4 is 29.1 Å². The van der Waals surface area contributed by atoms with Crippen LogP contribution in [0.15, 0.2) is 41.4 Å². The lowest BCUT2D eigenvalue weighted by molar-refractivity contribution is -0.115. The van der Waals surface area contributed by atoms with E-state index in [1.807, 2.05) is 36.4 Å². The molecular weight excluding hydrogens is 322 g/mol. The molecule has 0 N–H and O–H groups in total. The minimum atomic E-state index is -0.132. The predicted molar refractivity (Wildman–Crippen MR) is 94.3 cm³/mol. The monoisotopic (exact) mass is 339 g/mol. The largest absolute Gasteiger partial charge is 0.315 e. The number of hydrogen-bond donors (Lipinski definition) is 0. The van der Waals surface area contributed by atoms with Crippen molar-refractivity contribution < 1.29 is 9.59 Å². The molecule has 0 saturated carbocycles. The van der Waals surface area contributed by atoms with Crippen molar-refractivity contribution in [1.82, 2.24) is 4.98 Å². The van der Waals surface area contributed by atoms with Crippen LogP contribution in [0.5, 0.6) is 0 Å². The third-order valence-electron chi connectivity index (χ3n) is 3.53. The summed E-state index contributed by atoms with van der Waals surface area (Å²) in [7, 11) is 1.71. The van der Waals surface area contributed by atoms with Gasteiger partial charge in [0.15, 0.2) is 5.78 Å². The Bertz CT molecular complexity index is 813. The first kappa shape index (κ1) is 17.7. The maximum Gasteiger partial charge on any atom is 0.237 e. The van der Waals surface area contributed by atoms with Gasteiger partial charge in [0, 0.05) is 24.0 Å². The molecule has 0 unspecified atom stereocenters. The number of carbonyl (C=O) groups is 2. The number of nitrogens with zero attached hydrogens (tertiary/aromatic N) is 3. The van der Waals surface area contributed by atoms with Crippen LogP contribution >= 0.6 is 11.8 Å². The minimum Gasteiger partial charge on any atom is -0.315 e. The summed E-state index contributed by atoms with van der Waals surface area (Å²) in [5, 5.41) is 9.73. The van der Waals surface area contributed by atoms with Crippen molar-refractivity contribution in [2.75, 3.05) is 17.7 Å². The van der Waals surface area contributed by atoms with Gasteiger partial charge in [-0.15, -0.1) is 0 Å². The van der Waals surface area contributed by atoms with Gasteiger partial charge in [-0.3, -0.25) is 9.59 Å². The molecule has 0 saturated heterocycles. The van der Waals surface area contributed by atoms with Crippen LogP contribution in [0.4, 0.5) is 5.69 Å². The van der Waals surface area contributed by atoms with E-state index in [2.05, 4.69) is 4.98 Å². The molecule has 0 aliphatic carbocycles. The number of carbonyl (C=O) groups excluding carboxylic acids is 2. The molecular formula is C18H17N3O2S. The molecule has 0 spiro atoms. The van der Waals surface area contributed by atoms with Crippen molar-refractivity contribution in [1.29, 1.82) is 5.26 Å². The maximum atomic E-state index is 12.3. The van der Waals surface area contributed by atoms with Gasteiger partial charge in [-0.1, -0.05) is 30.0 Å². The Hall–Kier alpha value is -2.65. The summed E-state index contributed by atoms with van der Waals surface area (Å²) in [6.45, 7) is 3.16. The van der Waals surface area contributed by atoms with Gasteiger partial charge >= 0.3 is 0 Å². The Balaban J connectivity index is 2.14. The standard InChI is InChI=1S/C18H17N3O2S/c1-12-16(13(2)22)9-14(10-19)18(20-12)24-11-17(23)21(3)15-7-5-4-6-8-15/h4-9H,11H2,1-3H3. The van der Waals surface area contributed by atoms with E-state index in [1.165, 1.54) is 18.7 Å². The number of ketones is 1. The number of aryl methyl sites for hydroxylation is 1. The molecule has 24 heavy (non-hydrogen) atoms. The lowest BCUT2D eigenvalue weighted by Gasteiger charge is -2.17. The zero-order valence-corrected chi connectivity index (χ0v) is 14.6. The second-order valence-corrected chi connectivity index (χ2v) is 6.18. The number of rotatable bonds is 5. The Labute approximate surface area is 145 Å². The van der Waals surface area contributed by atoms with E-state index in [9.17, 15) is 14.9 Å². The van der Waals surface area contributed by atoms with Crippen LogP contribution in [0.1, 0.15) is 28.5 Å². The van der Waals surface area contributed by atoms with Crippen LogP contribution < -0.4 is 4.90 Å².